The number of rotatable bonds is 3. The molecule has 0 radical (unpaired) electrons. The van der Waals surface area contributed by atoms with E-state index < -0.39 is 16.1 Å². The second-order valence-electron chi connectivity index (χ2n) is 5.76. The zero-order chi connectivity index (χ0) is 17.4. The monoisotopic (exact) mass is 357 g/mol. The Labute approximate surface area is 143 Å². The molecule has 4 rings (SSSR count). The molecule has 2 aromatic heterocycles. The molecule has 1 amide bonds. The SMILES string of the molecule is O=C(NCc1cnn2cccnc12)C1Cc2ccccc2S(=O)(=O)N1. The maximum Gasteiger partial charge on any atom is 0.241 e. The van der Waals surface area contributed by atoms with E-state index in [0.29, 0.717) is 17.6 Å². The van der Waals surface area contributed by atoms with E-state index in [1.807, 2.05) is 0 Å². The molecular weight excluding hydrogens is 342 g/mol. The highest BCUT2D eigenvalue weighted by atomic mass is 32.2. The van der Waals surface area contributed by atoms with Crippen molar-refractivity contribution in [1.29, 1.82) is 0 Å². The number of fused-ring (bicyclic) bond motifs is 2. The van der Waals surface area contributed by atoms with E-state index in [4.69, 9.17) is 0 Å². The molecule has 0 spiro atoms. The third-order valence-electron chi connectivity index (χ3n) is 4.11. The Hall–Kier alpha value is -2.78. The van der Waals surface area contributed by atoms with Gasteiger partial charge in [-0.3, -0.25) is 4.79 Å². The second kappa shape index (κ2) is 5.94. The summed E-state index contributed by atoms with van der Waals surface area (Å²) in [6, 6.07) is 7.61. The van der Waals surface area contributed by atoms with Crippen molar-refractivity contribution in [1.82, 2.24) is 24.6 Å². The second-order valence-corrected chi connectivity index (χ2v) is 7.44. The molecule has 1 aliphatic heterocycles. The van der Waals surface area contributed by atoms with Crippen molar-refractivity contribution in [3.8, 4) is 0 Å². The van der Waals surface area contributed by atoms with Crippen molar-refractivity contribution >= 4 is 21.6 Å². The minimum Gasteiger partial charge on any atom is -0.350 e. The molecule has 1 aliphatic rings. The highest BCUT2D eigenvalue weighted by molar-refractivity contribution is 7.89. The van der Waals surface area contributed by atoms with Gasteiger partial charge in [0.2, 0.25) is 15.9 Å². The Morgan fingerprint density at radius 2 is 2.16 bits per heavy atom. The maximum absolute atomic E-state index is 12.4. The Morgan fingerprint density at radius 3 is 3.04 bits per heavy atom. The summed E-state index contributed by atoms with van der Waals surface area (Å²) in [5.74, 6) is -0.381. The van der Waals surface area contributed by atoms with Gasteiger partial charge in [-0.1, -0.05) is 18.2 Å². The summed E-state index contributed by atoms with van der Waals surface area (Å²) >= 11 is 0. The molecule has 3 heterocycles. The molecular formula is C16H15N5O3S. The van der Waals surface area contributed by atoms with E-state index in [2.05, 4.69) is 20.1 Å². The average Bonchev–Trinajstić information content (AvgIpc) is 3.02. The minimum atomic E-state index is -3.68. The fraction of sp³-hybridized carbons (Fsp3) is 0.188. The smallest absolute Gasteiger partial charge is 0.241 e. The van der Waals surface area contributed by atoms with Gasteiger partial charge in [-0.25, -0.2) is 17.9 Å². The summed E-state index contributed by atoms with van der Waals surface area (Å²) in [5, 5.41) is 6.91. The van der Waals surface area contributed by atoms with Crippen LogP contribution in [0.4, 0.5) is 0 Å². The summed E-state index contributed by atoms with van der Waals surface area (Å²) in [6.07, 6.45) is 5.35. The van der Waals surface area contributed by atoms with E-state index in [-0.39, 0.29) is 17.3 Å². The van der Waals surface area contributed by atoms with Crippen LogP contribution < -0.4 is 10.0 Å². The van der Waals surface area contributed by atoms with Gasteiger partial charge >= 0.3 is 0 Å². The molecule has 2 N–H and O–H groups in total. The Balaban J connectivity index is 1.51. The zero-order valence-electron chi connectivity index (χ0n) is 13.1. The predicted octanol–water partition coefficient (Wildman–Crippen LogP) is 0.249. The van der Waals surface area contributed by atoms with Crippen LogP contribution in [0.2, 0.25) is 0 Å². The quantitative estimate of drug-likeness (QED) is 0.699. The lowest BCUT2D eigenvalue weighted by atomic mass is 10.1. The van der Waals surface area contributed by atoms with Crippen LogP contribution in [-0.2, 0) is 27.8 Å². The van der Waals surface area contributed by atoms with Crippen LogP contribution in [0.5, 0.6) is 0 Å². The number of carbonyl (C=O) groups is 1. The molecule has 0 saturated carbocycles. The number of aromatic nitrogens is 3. The van der Waals surface area contributed by atoms with Crippen LogP contribution in [0, 0.1) is 0 Å². The fourth-order valence-electron chi connectivity index (χ4n) is 2.90. The molecule has 1 atom stereocenters. The molecule has 0 saturated heterocycles. The van der Waals surface area contributed by atoms with Gasteiger partial charge in [0.25, 0.3) is 0 Å². The molecule has 0 fully saturated rings. The van der Waals surface area contributed by atoms with Crippen LogP contribution in [0.25, 0.3) is 5.65 Å². The summed E-state index contributed by atoms with van der Waals surface area (Å²) in [5.41, 5.74) is 2.05. The van der Waals surface area contributed by atoms with Crippen LogP contribution >= 0.6 is 0 Å². The topological polar surface area (TPSA) is 105 Å². The highest BCUT2D eigenvalue weighted by Gasteiger charge is 2.33. The first-order valence-corrected chi connectivity index (χ1v) is 9.18. The van der Waals surface area contributed by atoms with E-state index in [1.54, 1.807) is 47.4 Å². The zero-order valence-corrected chi connectivity index (χ0v) is 13.9. The van der Waals surface area contributed by atoms with Gasteiger partial charge in [-0.05, 0) is 24.1 Å². The fourth-order valence-corrected chi connectivity index (χ4v) is 4.35. The Bertz CT molecular complexity index is 1060. The van der Waals surface area contributed by atoms with Gasteiger partial charge in [0.05, 0.1) is 11.1 Å². The van der Waals surface area contributed by atoms with Gasteiger partial charge in [0, 0.05) is 24.5 Å². The number of benzene rings is 1. The first-order valence-electron chi connectivity index (χ1n) is 7.70. The summed E-state index contributed by atoms with van der Waals surface area (Å²) < 4.78 is 28.6. The lowest BCUT2D eigenvalue weighted by molar-refractivity contribution is -0.122. The van der Waals surface area contributed by atoms with E-state index >= 15 is 0 Å². The largest absolute Gasteiger partial charge is 0.350 e. The number of sulfonamides is 1. The molecule has 0 aliphatic carbocycles. The highest BCUT2D eigenvalue weighted by Crippen LogP contribution is 2.22. The van der Waals surface area contributed by atoms with Crippen molar-refractivity contribution in [3.05, 3.63) is 60.0 Å². The third-order valence-corrected chi connectivity index (χ3v) is 5.68. The number of nitrogens with zero attached hydrogens (tertiary/aromatic N) is 3. The minimum absolute atomic E-state index is 0.221. The summed E-state index contributed by atoms with van der Waals surface area (Å²) in [7, 11) is -3.68. The van der Waals surface area contributed by atoms with Crippen molar-refractivity contribution < 1.29 is 13.2 Å². The molecule has 3 aromatic rings. The average molecular weight is 357 g/mol. The Morgan fingerprint density at radius 1 is 1.32 bits per heavy atom. The molecule has 9 heteroatoms. The number of hydrogen-bond acceptors (Lipinski definition) is 5. The molecule has 25 heavy (non-hydrogen) atoms. The number of nitrogens with one attached hydrogen (secondary N) is 2. The number of amides is 1. The maximum atomic E-state index is 12.4. The lowest BCUT2D eigenvalue weighted by Gasteiger charge is -2.25. The number of hydrogen-bond donors (Lipinski definition) is 2. The molecule has 0 bridgehead atoms. The van der Waals surface area contributed by atoms with Crippen molar-refractivity contribution in [3.63, 3.8) is 0 Å². The summed E-state index contributed by atoms with van der Waals surface area (Å²) in [4.78, 5) is 16.9. The molecule has 128 valence electrons. The number of carbonyl (C=O) groups excluding carboxylic acids is 1. The van der Waals surface area contributed by atoms with Crippen LogP contribution in [-0.4, -0.2) is 35.0 Å². The third kappa shape index (κ3) is 2.87. The lowest BCUT2D eigenvalue weighted by Crippen LogP contribution is -2.50. The first kappa shape index (κ1) is 15.7. The summed E-state index contributed by atoms with van der Waals surface area (Å²) in [6.45, 7) is 0.221. The van der Waals surface area contributed by atoms with Crippen molar-refractivity contribution in [2.75, 3.05) is 0 Å². The predicted molar refractivity (Wildman–Crippen MR) is 89.1 cm³/mol. The van der Waals surface area contributed by atoms with Crippen LogP contribution in [0.3, 0.4) is 0 Å². The first-order chi connectivity index (χ1) is 12.0. The van der Waals surface area contributed by atoms with Crippen LogP contribution in [0.1, 0.15) is 11.1 Å². The van der Waals surface area contributed by atoms with Gasteiger partial charge in [0.1, 0.15) is 6.04 Å². The van der Waals surface area contributed by atoms with Gasteiger partial charge in [-0.15, -0.1) is 0 Å². The van der Waals surface area contributed by atoms with Gasteiger partial charge in [0.15, 0.2) is 5.65 Å². The molecule has 1 aromatic carbocycles. The normalized spacial score (nSPS) is 18.6. The molecule has 8 nitrogen and oxygen atoms in total. The van der Waals surface area contributed by atoms with Crippen molar-refractivity contribution in [2.45, 2.75) is 23.9 Å². The van der Waals surface area contributed by atoms with Gasteiger partial charge < -0.3 is 5.32 Å². The van der Waals surface area contributed by atoms with Crippen molar-refractivity contribution in [2.24, 2.45) is 0 Å². The molecule has 1 unspecified atom stereocenters. The van der Waals surface area contributed by atoms with Gasteiger partial charge in [-0.2, -0.15) is 9.82 Å². The van der Waals surface area contributed by atoms with E-state index in [9.17, 15) is 13.2 Å². The van der Waals surface area contributed by atoms with E-state index in [1.165, 1.54) is 6.07 Å². The standard InChI is InChI=1S/C16H15N5O3S/c22-16(18-9-12-10-19-21-7-3-6-17-15(12)21)13-8-11-4-1-2-5-14(11)25(23,24)20-13/h1-7,10,13,20H,8-9H2,(H,18,22). The van der Waals surface area contributed by atoms with Crippen LogP contribution in [0.15, 0.2) is 53.8 Å². The van der Waals surface area contributed by atoms with E-state index in [0.717, 1.165) is 5.56 Å². The Kier molecular flexibility index (Phi) is 3.74.